The van der Waals surface area contributed by atoms with Gasteiger partial charge in [-0.15, -0.1) is 0 Å². The van der Waals surface area contributed by atoms with Gasteiger partial charge in [-0.05, 0) is 31.0 Å². The van der Waals surface area contributed by atoms with Crippen LogP contribution in [0.15, 0.2) is 60.7 Å². The maximum atomic E-state index is 12.7. The molecule has 168 valence electrons. The van der Waals surface area contributed by atoms with Crippen molar-refractivity contribution < 1.29 is 13.2 Å². The maximum absolute atomic E-state index is 12.7. The van der Waals surface area contributed by atoms with E-state index in [1.54, 1.807) is 4.90 Å². The minimum atomic E-state index is -3.38. The van der Waals surface area contributed by atoms with Crippen LogP contribution >= 0.6 is 0 Å². The van der Waals surface area contributed by atoms with Gasteiger partial charge in [0.15, 0.2) is 0 Å². The molecule has 1 fully saturated rings. The van der Waals surface area contributed by atoms with Crippen LogP contribution in [0.2, 0.25) is 0 Å². The lowest BCUT2D eigenvalue weighted by atomic mass is 10.2. The number of nitrogens with one attached hydrogen (secondary N) is 1. The summed E-state index contributed by atoms with van der Waals surface area (Å²) in [6.07, 6.45) is 0.847. The highest BCUT2D eigenvalue weighted by Crippen LogP contribution is 2.14. The van der Waals surface area contributed by atoms with Crippen LogP contribution in [0.3, 0.4) is 0 Å². The molecule has 3 rings (SSSR count). The molecule has 2 aromatic carbocycles. The van der Waals surface area contributed by atoms with Gasteiger partial charge in [-0.25, -0.2) is 13.2 Å². The van der Waals surface area contributed by atoms with E-state index in [0.717, 1.165) is 25.1 Å². The van der Waals surface area contributed by atoms with E-state index < -0.39 is 10.0 Å². The van der Waals surface area contributed by atoms with Crippen LogP contribution in [0.4, 0.5) is 10.5 Å². The van der Waals surface area contributed by atoms with Crippen LogP contribution in [0.25, 0.3) is 0 Å². The number of rotatable bonds is 9. The van der Waals surface area contributed by atoms with Crippen molar-refractivity contribution in [2.75, 3.05) is 50.7 Å². The van der Waals surface area contributed by atoms with Gasteiger partial charge in [-0.2, -0.15) is 4.31 Å². The predicted molar refractivity (Wildman–Crippen MR) is 125 cm³/mol. The standard InChI is InChI=1S/C23H32N4O3S/c1-2-25(22-12-7-4-8-13-22)15-9-14-24-23(28)26-16-18-27(19-17-26)31(29,30)20-21-10-5-3-6-11-21/h3-8,10-13H,2,9,14-20H2,1H3,(H,24,28). The molecule has 31 heavy (non-hydrogen) atoms. The molecule has 1 aliphatic heterocycles. The van der Waals surface area contributed by atoms with E-state index >= 15 is 0 Å². The summed E-state index contributed by atoms with van der Waals surface area (Å²) in [5.74, 6) is -0.00458. The molecule has 2 aromatic rings. The van der Waals surface area contributed by atoms with Crippen LogP contribution in [0.1, 0.15) is 18.9 Å². The van der Waals surface area contributed by atoms with Crippen molar-refractivity contribution >= 4 is 21.7 Å². The monoisotopic (exact) mass is 444 g/mol. The molecule has 0 radical (unpaired) electrons. The van der Waals surface area contributed by atoms with E-state index in [4.69, 9.17) is 0 Å². The van der Waals surface area contributed by atoms with Crippen molar-refractivity contribution in [3.63, 3.8) is 0 Å². The molecule has 8 heteroatoms. The summed E-state index contributed by atoms with van der Waals surface area (Å²) in [4.78, 5) is 16.4. The number of amides is 2. The van der Waals surface area contributed by atoms with Crippen molar-refractivity contribution in [1.82, 2.24) is 14.5 Å². The summed E-state index contributed by atoms with van der Waals surface area (Å²) in [6.45, 7) is 5.98. The second-order valence-corrected chi connectivity index (χ2v) is 9.60. The van der Waals surface area contributed by atoms with Gasteiger partial charge in [0.1, 0.15) is 0 Å². The smallest absolute Gasteiger partial charge is 0.317 e. The van der Waals surface area contributed by atoms with E-state index in [1.807, 2.05) is 48.5 Å². The van der Waals surface area contributed by atoms with Crippen LogP contribution < -0.4 is 10.2 Å². The first kappa shape index (κ1) is 23.1. The normalized spacial score (nSPS) is 14.9. The highest BCUT2D eigenvalue weighted by Gasteiger charge is 2.28. The van der Waals surface area contributed by atoms with Gasteiger partial charge in [-0.1, -0.05) is 48.5 Å². The first-order valence-electron chi connectivity index (χ1n) is 10.8. The third kappa shape index (κ3) is 6.70. The van der Waals surface area contributed by atoms with Crippen molar-refractivity contribution in [3.05, 3.63) is 66.2 Å². The van der Waals surface area contributed by atoms with Crippen molar-refractivity contribution in [1.29, 1.82) is 0 Å². The van der Waals surface area contributed by atoms with Crippen molar-refractivity contribution in [3.8, 4) is 0 Å². The first-order chi connectivity index (χ1) is 15.0. The molecular weight excluding hydrogens is 412 g/mol. The Balaban J connectivity index is 1.39. The molecule has 2 amide bonds. The number of para-hydroxylation sites is 1. The molecule has 0 bridgehead atoms. The number of carbonyl (C=O) groups excluding carboxylic acids is 1. The van der Waals surface area contributed by atoms with Crippen LogP contribution in [-0.2, 0) is 15.8 Å². The molecular formula is C23H32N4O3S. The van der Waals surface area contributed by atoms with Gasteiger partial charge in [-0.3, -0.25) is 0 Å². The minimum absolute atomic E-state index is 0.00458. The predicted octanol–water partition coefficient (Wildman–Crippen LogP) is 2.76. The SMILES string of the molecule is CCN(CCCNC(=O)N1CCN(S(=O)(=O)Cc2ccccc2)CC1)c1ccccc1. The zero-order chi connectivity index (χ0) is 22.1. The summed E-state index contributed by atoms with van der Waals surface area (Å²) in [7, 11) is -3.38. The van der Waals surface area contributed by atoms with Crippen LogP contribution in [0.5, 0.6) is 0 Å². The van der Waals surface area contributed by atoms with Crippen LogP contribution in [0, 0.1) is 0 Å². The van der Waals surface area contributed by atoms with Gasteiger partial charge in [0, 0.05) is 51.5 Å². The molecule has 0 saturated carbocycles. The number of sulfonamides is 1. The Morgan fingerprint density at radius 3 is 2.19 bits per heavy atom. The average Bonchev–Trinajstić information content (AvgIpc) is 2.80. The number of nitrogens with zero attached hydrogens (tertiary/aromatic N) is 3. The van der Waals surface area contributed by atoms with Gasteiger partial charge in [0.2, 0.25) is 10.0 Å². The zero-order valence-corrected chi connectivity index (χ0v) is 18.9. The van der Waals surface area contributed by atoms with E-state index in [-0.39, 0.29) is 11.8 Å². The summed E-state index contributed by atoms with van der Waals surface area (Å²) in [6, 6.07) is 19.3. The maximum Gasteiger partial charge on any atom is 0.317 e. The fourth-order valence-corrected chi connectivity index (χ4v) is 5.25. The average molecular weight is 445 g/mol. The summed E-state index contributed by atoms with van der Waals surface area (Å²) in [5.41, 5.74) is 1.96. The molecule has 1 N–H and O–H groups in total. The number of hydrogen-bond acceptors (Lipinski definition) is 4. The Labute approximate surface area is 185 Å². The van der Waals surface area contributed by atoms with E-state index in [2.05, 4.69) is 29.3 Å². The highest BCUT2D eigenvalue weighted by atomic mass is 32.2. The van der Waals surface area contributed by atoms with Gasteiger partial charge in [0.05, 0.1) is 5.75 Å². The largest absolute Gasteiger partial charge is 0.372 e. The van der Waals surface area contributed by atoms with Crippen molar-refractivity contribution in [2.45, 2.75) is 19.1 Å². The Morgan fingerprint density at radius 2 is 1.58 bits per heavy atom. The molecule has 1 heterocycles. The number of piperazine rings is 1. The number of anilines is 1. The molecule has 1 aliphatic rings. The quantitative estimate of drug-likeness (QED) is 0.604. The van der Waals surface area contributed by atoms with Crippen LogP contribution in [-0.4, -0.2) is 69.5 Å². The van der Waals surface area contributed by atoms with Crippen molar-refractivity contribution in [2.24, 2.45) is 0 Å². The van der Waals surface area contributed by atoms with E-state index in [0.29, 0.717) is 32.7 Å². The van der Waals surface area contributed by atoms with Gasteiger partial charge in [0.25, 0.3) is 0 Å². The highest BCUT2D eigenvalue weighted by molar-refractivity contribution is 7.88. The first-order valence-corrected chi connectivity index (χ1v) is 12.4. The second-order valence-electron chi connectivity index (χ2n) is 7.63. The summed E-state index contributed by atoms with van der Waals surface area (Å²) < 4.78 is 26.8. The molecule has 0 spiro atoms. The Kier molecular flexibility index (Phi) is 8.31. The molecule has 0 unspecified atom stereocenters. The molecule has 1 saturated heterocycles. The Morgan fingerprint density at radius 1 is 0.968 bits per heavy atom. The molecule has 7 nitrogen and oxygen atoms in total. The fraction of sp³-hybridized carbons (Fsp3) is 0.435. The number of carbonyl (C=O) groups is 1. The lowest BCUT2D eigenvalue weighted by Gasteiger charge is -2.34. The van der Waals surface area contributed by atoms with Gasteiger partial charge < -0.3 is 15.1 Å². The van der Waals surface area contributed by atoms with E-state index in [9.17, 15) is 13.2 Å². The van der Waals surface area contributed by atoms with E-state index in [1.165, 1.54) is 9.99 Å². The summed E-state index contributed by atoms with van der Waals surface area (Å²) in [5, 5.41) is 2.97. The number of urea groups is 1. The topological polar surface area (TPSA) is 73.0 Å². The number of hydrogen-bond donors (Lipinski definition) is 1. The molecule has 0 atom stereocenters. The fourth-order valence-electron chi connectivity index (χ4n) is 3.73. The third-order valence-corrected chi connectivity index (χ3v) is 7.35. The summed E-state index contributed by atoms with van der Waals surface area (Å²) >= 11 is 0. The Bertz CT molecular complexity index is 914. The third-order valence-electron chi connectivity index (χ3n) is 5.50. The minimum Gasteiger partial charge on any atom is -0.372 e. The second kappa shape index (κ2) is 11.2. The zero-order valence-electron chi connectivity index (χ0n) is 18.1. The number of benzene rings is 2. The lowest BCUT2D eigenvalue weighted by molar-refractivity contribution is 0.172. The van der Waals surface area contributed by atoms with Gasteiger partial charge >= 0.3 is 6.03 Å². The molecule has 0 aliphatic carbocycles. The Hall–Kier alpha value is -2.58. The lowest BCUT2D eigenvalue weighted by Crippen LogP contribution is -2.53. The molecule has 0 aromatic heterocycles.